The van der Waals surface area contributed by atoms with Crippen LogP contribution in [0.4, 0.5) is 8.78 Å². The second-order valence-electron chi connectivity index (χ2n) is 11.3. The van der Waals surface area contributed by atoms with Gasteiger partial charge in [-0.3, -0.25) is 14.6 Å². The Morgan fingerprint density at radius 3 is 2.45 bits per heavy atom. The molecule has 0 bridgehead atoms. The lowest BCUT2D eigenvalue weighted by Crippen LogP contribution is -2.58. The van der Waals surface area contributed by atoms with Crippen molar-refractivity contribution in [3.05, 3.63) is 77.4 Å². The van der Waals surface area contributed by atoms with Gasteiger partial charge in [0.25, 0.3) is 0 Å². The molecule has 222 valence electrons. The molecule has 5 rings (SSSR count). The van der Waals surface area contributed by atoms with Crippen molar-refractivity contribution < 1.29 is 22.0 Å². The molecule has 1 saturated heterocycles. The summed E-state index contributed by atoms with van der Waals surface area (Å²) in [4.78, 5) is 29.2. The third-order valence-corrected chi connectivity index (χ3v) is 9.52. The van der Waals surface area contributed by atoms with Crippen LogP contribution in [0.3, 0.4) is 0 Å². The number of benzene rings is 2. The molecule has 0 aliphatic carbocycles. The number of hydrogen-bond acceptors (Lipinski definition) is 7. The number of ketones is 1. The quantitative estimate of drug-likeness (QED) is 0.322. The maximum Gasteiger partial charge on any atom is 0.178 e. The monoisotopic (exact) mass is 595 g/mol. The van der Waals surface area contributed by atoms with Crippen LogP contribution in [0.5, 0.6) is 0 Å². The number of halogens is 2. The van der Waals surface area contributed by atoms with E-state index in [-0.39, 0.29) is 41.7 Å². The molecular weight excluding hydrogens is 560 g/mol. The molecule has 0 spiro atoms. The summed E-state index contributed by atoms with van der Waals surface area (Å²) in [5.74, 6) is -1.28. The van der Waals surface area contributed by atoms with Crippen molar-refractivity contribution in [3.63, 3.8) is 0 Å². The molecule has 2 aromatic carbocycles. The summed E-state index contributed by atoms with van der Waals surface area (Å²) in [5.41, 5.74) is 2.14. The molecule has 3 atom stereocenters. The molecule has 0 amide bonds. The molecule has 8 nitrogen and oxygen atoms in total. The van der Waals surface area contributed by atoms with Gasteiger partial charge in [0.2, 0.25) is 0 Å². The molecule has 4 aromatic rings. The van der Waals surface area contributed by atoms with E-state index in [2.05, 4.69) is 45.6 Å². The highest BCUT2D eigenvalue weighted by Gasteiger charge is 2.32. The smallest absolute Gasteiger partial charge is 0.178 e. The van der Waals surface area contributed by atoms with Crippen LogP contribution in [-0.2, 0) is 27.5 Å². The topological polar surface area (TPSA) is 99.3 Å². The van der Waals surface area contributed by atoms with Crippen LogP contribution in [-0.4, -0.2) is 83.5 Å². The minimum absolute atomic E-state index is 0.0307. The number of aromatic nitrogens is 3. The average molecular weight is 596 g/mol. The molecule has 11 heteroatoms. The SMILES string of the molecule is C[C@H](C(=O)Cc1cccc2c(-c3nc(Cc4cccc(S(C)(=O)=O)c4F)ncc3F)c[nH]c12)N1C[C@H](C)N(C)[C@@H](C)C1. The van der Waals surface area contributed by atoms with Gasteiger partial charge in [0.1, 0.15) is 22.2 Å². The van der Waals surface area contributed by atoms with E-state index in [4.69, 9.17) is 0 Å². The van der Waals surface area contributed by atoms with E-state index in [1.807, 2.05) is 25.1 Å². The van der Waals surface area contributed by atoms with Crippen LogP contribution in [0.1, 0.15) is 37.7 Å². The highest BCUT2D eigenvalue weighted by molar-refractivity contribution is 7.90. The Morgan fingerprint density at radius 2 is 1.76 bits per heavy atom. The normalized spacial score (nSPS) is 19.3. The Morgan fingerprint density at radius 1 is 1.10 bits per heavy atom. The summed E-state index contributed by atoms with van der Waals surface area (Å²) >= 11 is 0. The van der Waals surface area contributed by atoms with Gasteiger partial charge in [-0.2, -0.15) is 0 Å². The zero-order valence-electron chi connectivity index (χ0n) is 24.4. The van der Waals surface area contributed by atoms with Gasteiger partial charge >= 0.3 is 0 Å². The van der Waals surface area contributed by atoms with E-state index in [9.17, 15) is 17.6 Å². The van der Waals surface area contributed by atoms with Gasteiger partial charge in [-0.05, 0) is 45.0 Å². The summed E-state index contributed by atoms with van der Waals surface area (Å²) in [6.45, 7) is 7.94. The Kier molecular flexibility index (Phi) is 8.28. The van der Waals surface area contributed by atoms with E-state index < -0.39 is 26.4 Å². The van der Waals surface area contributed by atoms with Gasteiger partial charge in [0.15, 0.2) is 21.4 Å². The molecule has 0 radical (unpaired) electrons. The van der Waals surface area contributed by atoms with E-state index in [0.717, 1.165) is 36.6 Å². The number of likely N-dealkylation sites (N-methyl/N-ethyl adjacent to an activating group) is 1. The van der Waals surface area contributed by atoms with Gasteiger partial charge < -0.3 is 4.98 Å². The minimum Gasteiger partial charge on any atom is -0.360 e. The first kappa shape index (κ1) is 29.9. The van der Waals surface area contributed by atoms with Gasteiger partial charge in [0.05, 0.1) is 12.2 Å². The third kappa shape index (κ3) is 5.86. The third-order valence-electron chi connectivity index (χ3n) is 8.41. The van der Waals surface area contributed by atoms with Crippen LogP contribution in [0.25, 0.3) is 22.2 Å². The highest BCUT2D eigenvalue weighted by Crippen LogP contribution is 2.32. The van der Waals surface area contributed by atoms with Gasteiger partial charge in [-0.15, -0.1) is 0 Å². The van der Waals surface area contributed by atoms with Crippen molar-refractivity contribution in [2.45, 2.75) is 56.6 Å². The number of sulfone groups is 1. The lowest BCUT2D eigenvalue weighted by atomic mass is 9.98. The van der Waals surface area contributed by atoms with E-state index >= 15 is 4.39 Å². The fraction of sp³-hybridized carbons (Fsp3) is 0.387. The van der Waals surface area contributed by atoms with Crippen LogP contribution < -0.4 is 0 Å². The summed E-state index contributed by atoms with van der Waals surface area (Å²) in [7, 11) is -1.65. The first-order valence-electron chi connectivity index (χ1n) is 13.9. The molecule has 0 saturated carbocycles. The van der Waals surface area contributed by atoms with Crippen LogP contribution in [0, 0.1) is 11.6 Å². The van der Waals surface area contributed by atoms with Crippen LogP contribution in [0.2, 0.25) is 0 Å². The summed E-state index contributed by atoms with van der Waals surface area (Å²) < 4.78 is 53.9. The largest absolute Gasteiger partial charge is 0.360 e. The number of H-pyrrole nitrogens is 1. The molecule has 1 fully saturated rings. The van der Waals surface area contributed by atoms with Crippen molar-refractivity contribution in [2.24, 2.45) is 0 Å². The van der Waals surface area contributed by atoms with E-state index in [1.54, 1.807) is 6.20 Å². The fourth-order valence-corrected chi connectivity index (χ4v) is 6.47. The number of nitrogens with one attached hydrogen (secondary N) is 1. The number of para-hydroxylation sites is 1. The number of aromatic amines is 1. The summed E-state index contributed by atoms with van der Waals surface area (Å²) in [5, 5.41) is 0.698. The number of fused-ring (bicyclic) bond motifs is 1. The van der Waals surface area contributed by atoms with Crippen molar-refractivity contribution in [1.82, 2.24) is 24.8 Å². The maximum atomic E-state index is 15.1. The highest BCUT2D eigenvalue weighted by atomic mass is 32.2. The number of carbonyl (C=O) groups is 1. The second-order valence-corrected chi connectivity index (χ2v) is 13.3. The fourth-order valence-electron chi connectivity index (χ4n) is 5.69. The maximum absolute atomic E-state index is 15.1. The number of rotatable bonds is 8. The molecular formula is C31H35F2N5O3S. The van der Waals surface area contributed by atoms with Gasteiger partial charge in [0, 0.05) is 66.9 Å². The lowest BCUT2D eigenvalue weighted by Gasteiger charge is -2.44. The van der Waals surface area contributed by atoms with Crippen LogP contribution >= 0.6 is 0 Å². The first-order chi connectivity index (χ1) is 19.8. The van der Waals surface area contributed by atoms with E-state index in [1.165, 1.54) is 18.2 Å². The molecule has 0 unspecified atom stereocenters. The number of Topliss-reactive ketones (excluding diaryl/α,β-unsaturated/α-hetero) is 1. The van der Waals surface area contributed by atoms with Crippen molar-refractivity contribution in [3.8, 4) is 11.3 Å². The number of piperazine rings is 1. The van der Waals surface area contributed by atoms with Gasteiger partial charge in [-0.1, -0.05) is 30.3 Å². The molecule has 1 N–H and O–H groups in total. The summed E-state index contributed by atoms with van der Waals surface area (Å²) in [6, 6.07) is 10.1. The number of hydrogen-bond donors (Lipinski definition) is 1. The number of nitrogens with zero attached hydrogens (tertiary/aromatic N) is 4. The predicted octanol–water partition coefficient (Wildman–Crippen LogP) is 4.42. The standard InChI is InChI=1S/C31H35F2N5O3S/c1-18-16-38(17-19(2)37(18)4)20(3)26(39)12-22-9-6-10-23-24(14-35-30(22)23)31-25(32)15-34-28(36-31)13-21-8-7-11-27(29(21)33)42(5,40)41/h6-11,14-15,18-20,35H,12-13,16-17H2,1-5H3/t18-,19-,20+/m0/s1. The molecule has 42 heavy (non-hydrogen) atoms. The van der Waals surface area contributed by atoms with E-state index in [0.29, 0.717) is 23.0 Å². The second kappa shape index (κ2) is 11.6. The minimum atomic E-state index is -3.76. The van der Waals surface area contributed by atoms with Crippen LogP contribution in [0.15, 0.2) is 53.7 Å². The lowest BCUT2D eigenvalue weighted by molar-refractivity contribution is -0.124. The Labute approximate surface area is 244 Å². The number of carbonyl (C=O) groups excluding carboxylic acids is 1. The Hall–Kier alpha value is -3.54. The average Bonchev–Trinajstić information content (AvgIpc) is 3.37. The molecule has 1 aliphatic heterocycles. The summed E-state index contributed by atoms with van der Waals surface area (Å²) in [6.07, 6.45) is 3.72. The zero-order valence-corrected chi connectivity index (χ0v) is 25.2. The zero-order chi connectivity index (χ0) is 30.3. The van der Waals surface area contributed by atoms with Crippen molar-refractivity contribution in [2.75, 3.05) is 26.4 Å². The van der Waals surface area contributed by atoms with Crippen molar-refractivity contribution >= 4 is 26.5 Å². The Balaban J connectivity index is 1.41. The Bertz CT molecular complexity index is 1740. The molecule has 2 aromatic heterocycles. The molecule has 3 heterocycles. The predicted molar refractivity (Wildman–Crippen MR) is 158 cm³/mol. The molecule has 1 aliphatic rings. The van der Waals surface area contributed by atoms with Gasteiger partial charge in [-0.25, -0.2) is 27.2 Å². The van der Waals surface area contributed by atoms with Crippen molar-refractivity contribution in [1.29, 1.82) is 0 Å². The first-order valence-corrected chi connectivity index (χ1v) is 15.8.